The van der Waals surface area contributed by atoms with E-state index in [4.69, 9.17) is 5.73 Å². The lowest BCUT2D eigenvalue weighted by Crippen LogP contribution is -2.20. The zero-order valence-corrected chi connectivity index (χ0v) is 15.9. The maximum absolute atomic E-state index is 12.6. The SMILES string of the molecule is CCn1nc(C)cc1NC(=O)Cn1cnc2c(Nc3cnccn3)nc(N)nc21. The zero-order valence-electron chi connectivity index (χ0n) is 15.9. The van der Waals surface area contributed by atoms with Gasteiger partial charge in [-0.2, -0.15) is 15.1 Å². The second-order valence-electron chi connectivity index (χ2n) is 6.23. The summed E-state index contributed by atoms with van der Waals surface area (Å²) in [4.78, 5) is 33.4. The van der Waals surface area contributed by atoms with Crippen molar-refractivity contribution in [2.24, 2.45) is 0 Å². The molecule has 4 heterocycles. The standard InChI is InChI=1S/C17H19N11O/c1-3-28-12(6-10(2)26-28)23-13(29)8-27-9-21-14-15(24-17(18)25-16(14)27)22-11-7-19-4-5-20-11/h4-7,9H,3,8H2,1-2H3,(H,23,29)(H3,18,20,22,24,25). The van der Waals surface area contributed by atoms with Crippen molar-refractivity contribution in [2.45, 2.75) is 26.9 Å². The molecule has 4 N–H and O–H groups in total. The fourth-order valence-corrected chi connectivity index (χ4v) is 2.87. The van der Waals surface area contributed by atoms with E-state index in [0.29, 0.717) is 35.2 Å². The molecule has 12 nitrogen and oxygen atoms in total. The van der Waals surface area contributed by atoms with Gasteiger partial charge >= 0.3 is 0 Å². The number of nitrogens with zero attached hydrogens (tertiary/aromatic N) is 8. The van der Waals surface area contributed by atoms with Gasteiger partial charge in [-0.05, 0) is 13.8 Å². The Balaban J connectivity index is 1.59. The molecule has 148 valence electrons. The van der Waals surface area contributed by atoms with Crippen LogP contribution in [0.5, 0.6) is 0 Å². The van der Waals surface area contributed by atoms with Gasteiger partial charge in [-0.15, -0.1) is 0 Å². The molecule has 0 radical (unpaired) electrons. The van der Waals surface area contributed by atoms with E-state index in [1.165, 1.54) is 6.33 Å². The van der Waals surface area contributed by atoms with Crippen LogP contribution in [0.2, 0.25) is 0 Å². The number of carbonyl (C=O) groups is 1. The van der Waals surface area contributed by atoms with Crippen LogP contribution in [0.3, 0.4) is 0 Å². The van der Waals surface area contributed by atoms with Crippen LogP contribution >= 0.6 is 0 Å². The largest absolute Gasteiger partial charge is 0.368 e. The first-order valence-corrected chi connectivity index (χ1v) is 8.89. The normalized spacial score (nSPS) is 11.0. The average molecular weight is 393 g/mol. The Morgan fingerprint density at radius 1 is 1.24 bits per heavy atom. The van der Waals surface area contributed by atoms with Gasteiger partial charge in [0.2, 0.25) is 11.9 Å². The van der Waals surface area contributed by atoms with Crippen LogP contribution in [-0.4, -0.2) is 45.2 Å². The molecule has 12 heteroatoms. The van der Waals surface area contributed by atoms with Crippen molar-refractivity contribution >= 4 is 40.5 Å². The minimum atomic E-state index is -0.237. The number of aromatic nitrogens is 8. The topological polar surface area (TPSA) is 154 Å². The Kier molecular flexibility index (Phi) is 4.73. The summed E-state index contributed by atoms with van der Waals surface area (Å²) in [6.07, 6.45) is 6.18. The first-order valence-electron chi connectivity index (χ1n) is 8.89. The number of rotatable bonds is 6. The molecule has 0 aromatic carbocycles. The number of nitrogens with two attached hydrogens (primary N) is 1. The molecule has 0 bridgehead atoms. The minimum absolute atomic E-state index is 0.00543. The highest BCUT2D eigenvalue weighted by Crippen LogP contribution is 2.22. The summed E-state index contributed by atoms with van der Waals surface area (Å²) in [5.41, 5.74) is 7.57. The number of anilines is 4. The van der Waals surface area contributed by atoms with Crippen LogP contribution in [0.1, 0.15) is 12.6 Å². The summed E-state index contributed by atoms with van der Waals surface area (Å²) >= 11 is 0. The predicted octanol–water partition coefficient (Wildman–Crippen LogP) is 1.11. The fourth-order valence-electron chi connectivity index (χ4n) is 2.87. The van der Waals surface area contributed by atoms with Crippen molar-refractivity contribution in [1.82, 2.24) is 39.3 Å². The number of fused-ring (bicyclic) bond motifs is 1. The van der Waals surface area contributed by atoms with E-state index in [9.17, 15) is 4.79 Å². The van der Waals surface area contributed by atoms with Crippen molar-refractivity contribution < 1.29 is 4.79 Å². The molecular formula is C17H19N11O. The third-order valence-electron chi connectivity index (χ3n) is 4.07. The summed E-state index contributed by atoms with van der Waals surface area (Å²) in [5, 5.41) is 10.2. The van der Waals surface area contributed by atoms with Crippen LogP contribution < -0.4 is 16.4 Å². The summed E-state index contributed by atoms with van der Waals surface area (Å²) in [7, 11) is 0. The van der Waals surface area contributed by atoms with Crippen molar-refractivity contribution in [3.05, 3.63) is 36.7 Å². The third-order valence-corrected chi connectivity index (χ3v) is 4.07. The van der Waals surface area contributed by atoms with Crippen molar-refractivity contribution in [3.63, 3.8) is 0 Å². The van der Waals surface area contributed by atoms with Gasteiger partial charge in [-0.3, -0.25) is 9.78 Å². The van der Waals surface area contributed by atoms with Crippen LogP contribution in [0.15, 0.2) is 31.0 Å². The highest BCUT2D eigenvalue weighted by Gasteiger charge is 2.16. The van der Waals surface area contributed by atoms with Crippen molar-refractivity contribution in [3.8, 4) is 0 Å². The molecule has 0 saturated heterocycles. The Bertz CT molecular complexity index is 1170. The lowest BCUT2D eigenvalue weighted by atomic mass is 10.4. The number of carbonyl (C=O) groups excluding carboxylic acids is 1. The number of hydrogen-bond acceptors (Lipinski definition) is 9. The van der Waals surface area contributed by atoms with Crippen LogP contribution in [0, 0.1) is 6.92 Å². The smallest absolute Gasteiger partial charge is 0.245 e. The lowest BCUT2D eigenvalue weighted by molar-refractivity contribution is -0.116. The van der Waals surface area contributed by atoms with E-state index < -0.39 is 0 Å². The van der Waals surface area contributed by atoms with Gasteiger partial charge in [0.1, 0.15) is 18.2 Å². The third kappa shape index (κ3) is 3.81. The maximum atomic E-state index is 12.6. The van der Waals surface area contributed by atoms with E-state index in [1.54, 1.807) is 27.8 Å². The second-order valence-corrected chi connectivity index (χ2v) is 6.23. The molecule has 0 aliphatic heterocycles. The monoisotopic (exact) mass is 393 g/mol. The predicted molar refractivity (Wildman–Crippen MR) is 106 cm³/mol. The fraction of sp³-hybridized carbons (Fsp3) is 0.235. The van der Waals surface area contributed by atoms with Crippen molar-refractivity contribution in [1.29, 1.82) is 0 Å². The number of aryl methyl sites for hydroxylation is 2. The van der Waals surface area contributed by atoms with E-state index in [2.05, 4.69) is 40.7 Å². The van der Waals surface area contributed by atoms with Crippen LogP contribution in [0.25, 0.3) is 11.2 Å². The second kappa shape index (κ2) is 7.50. The zero-order chi connectivity index (χ0) is 20.4. The molecule has 0 spiro atoms. The first kappa shape index (κ1) is 18.3. The highest BCUT2D eigenvalue weighted by atomic mass is 16.2. The Morgan fingerprint density at radius 2 is 2.10 bits per heavy atom. The van der Waals surface area contributed by atoms with Crippen LogP contribution in [-0.2, 0) is 17.9 Å². The lowest BCUT2D eigenvalue weighted by Gasteiger charge is -2.09. The Labute approximate surface area is 165 Å². The molecule has 1 amide bonds. The Hall–Kier alpha value is -4.09. The average Bonchev–Trinajstić information content (AvgIpc) is 3.25. The molecule has 4 aromatic heterocycles. The molecule has 0 saturated carbocycles. The number of nitrogen functional groups attached to an aromatic ring is 1. The van der Waals surface area contributed by atoms with Gasteiger partial charge in [-0.1, -0.05) is 0 Å². The van der Waals surface area contributed by atoms with Gasteiger partial charge in [0.15, 0.2) is 17.0 Å². The van der Waals surface area contributed by atoms with E-state index in [0.717, 1.165) is 5.69 Å². The number of nitrogens with one attached hydrogen (secondary N) is 2. The molecule has 0 aliphatic carbocycles. The van der Waals surface area contributed by atoms with Gasteiger partial charge in [0, 0.05) is 25.0 Å². The molecular weight excluding hydrogens is 374 g/mol. The van der Waals surface area contributed by atoms with Gasteiger partial charge in [0.25, 0.3) is 0 Å². The molecule has 4 rings (SSSR count). The quantitative estimate of drug-likeness (QED) is 0.437. The number of imidazole rings is 1. The van der Waals surface area contributed by atoms with Gasteiger partial charge < -0.3 is 20.9 Å². The molecule has 0 fully saturated rings. The number of hydrogen-bond donors (Lipinski definition) is 3. The molecule has 29 heavy (non-hydrogen) atoms. The number of amides is 1. The minimum Gasteiger partial charge on any atom is -0.368 e. The van der Waals surface area contributed by atoms with Gasteiger partial charge in [0.05, 0.1) is 18.2 Å². The Morgan fingerprint density at radius 3 is 2.86 bits per heavy atom. The van der Waals surface area contributed by atoms with Gasteiger partial charge in [-0.25, -0.2) is 14.6 Å². The summed E-state index contributed by atoms with van der Waals surface area (Å²) in [6.45, 7) is 4.48. The van der Waals surface area contributed by atoms with E-state index in [1.807, 2.05) is 19.9 Å². The summed E-state index contributed by atoms with van der Waals surface area (Å²) in [6, 6.07) is 1.82. The first-order chi connectivity index (χ1) is 14.0. The van der Waals surface area contributed by atoms with Crippen LogP contribution in [0.4, 0.5) is 23.4 Å². The summed E-state index contributed by atoms with van der Waals surface area (Å²) < 4.78 is 3.33. The highest BCUT2D eigenvalue weighted by molar-refractivity contribution is 5.92. The van der Waals surface area contributed by atoms with E-state index >= 15 is 0 Å². The van der Waals surface area contributed by atoms with Crippen molar-refractivity contribution in [2.75, 3.05) is 16.4 Å². The maximum Gasteiger partial charge on any atom is 0.245 e. The molecule has 0 aliphatic rings. The molecule has 4 aromatic rings. The summed E-state index contributed by atoms with van der Waals surface area (Å²) in [5.74, 6) is 1.32. The molecule has 0 atom stereocenters. The molecule has 0 unspecified atom stereocenters. The van der Waals surface area contributed by atoms with E-state index in [-0.39, 0.29) is 18.4 Å².